The normalized spacial score (nSPS) is 11.7. The topological polar surface area (TPSA) is 58.6 Å². The third kappa shape index (κ3) is 8.01. The summed E-state index contributed by atoms with van der Waals surface area (Å²) >= 11 is 12.2. The van der Waals surface area contributed by atoms with Crippen molar-refractivity contribution in [1.82, 2.24) is 10.2 Å². The maximum absolute atomic E-state index is 13.5. The van der Waals surface area contributed by atoms with E-state index >= 15 is 0 Å². The van der Waals surface area contributed by atoms with Crippen molar-refractivity contribution in [1.29, 1.82) is 0 Å². The average molecular weight is 513 g/mol. The first kappa shape index (κ1) is 26.6. The highest BCUT2D eigenvalue weighted by Crippen LogP contribution is 2.22. The smallest absolute Gasteiger partial charge is 0.261 e. The number of benzene rings is 3. The number of halogens is 2. The lowest BCUT2D eigenvalue weighted by molar-refractivity contribution is -0.143. The molecule has 2 amide bonds. The number of carbonyl (C=O) groups is 2. The molecule has 0 unspecified atom stereocenters. The summed E-state index contributed by atoms with van der Waals surface area (Å²) in [6, 6.07) is 21.4. The van der Waals surface area contributed by atoms with E-state index in [1.165, 1.54) is 0 Å². The van der Waals surface area contributed by atoms with Crippen molar-refractivity contribution in [2.75, 3.05) is 6.61 Å². The number of nitrogens with zero attached hydrogens (tertiary/aromatic N) is 1. The molecule has 0 heterocycles. The Morgan fingerprint density at radius 2 is 1.63 bits per heavy atom. The van der Waals surface area contributed by atoms with Crippen LogP contribution in [-0.4, -0.2) is 35.4 Å². The first-order valence-electron chi connectivity index (χ1n) is 11.5. The van der Waals surface area contributed by atoms with Gasteiger partial charge in [0.2, 0.25) is 5.91 Å². The van der Waals surface area contributed by atoms with Gasteiger partial charge in [-0.15, -0.1) is 0 Å². The van der Waals surface area contributed by atoms with E-state index in [4.69, 9.17) is 27.9 Å². The molecule has 0 radical (unpaired) electrons. The van der Waals surface area contributed by atoms with E-state index in [0.717, 1.165) is 16.7 Å². The Kier molecular flexibility index (Phi) is 9.58. The van der Waals surface area contributed by atoms with Crippen LogP contribution in [-0.2, 0) is 22.6 Å². The number of nitrogens with one attached hydrogen (secondary N) is 1. The Morgan fingerprint density at radius 1 is 0.943 bits per heavy atom. The fraction of sp³-hybridized carbons (Fsp3) is 0.286. The maximum Gasteiger partial charge on any atom is 0.261 e. The van der Waals surface area contributed by atoms with Gasteiger partial charge in [-0.2, -0.15) is 0 Å². The molecule has 1 atom stereocenters. The van der Waals surface area contributed by atoms with E-state index in [9.17, 15) is 9.59 Å². The fourth-order valence-electron chi connectivity index (χ4n) is 3.66. The molecule has 0 saturated heterocycles. The van der Waals surface area contributed by atoms with E-state index in [1.54, 1.807) is 35.2 Å². The Balaban J connectivity index is 1.90. The Labute approximate surface area is 217 Å². The molecule has 0 fully saturated rings. The van der Waals surface area contributed by atoms with Crippen molar-refractivity contribution in [3.8, 4) is 5.75 Å². The monoisotopic (exact) mass is 512 g/mol. The predicted octanol–water partition coefficient (Wildman–Crippen LogP) is 5.85. The van der Waals surface area contributed by atoms with Crippen LogP contribution in [0.3, 0.4) is 0 Å². The Bertz CT molecular complexity index is 1130. The van der Waals surface area contributed by atoms with Crippen LogP contribution in [0.5, 0.6) is 5.75 Å². The van der Waals surface area contributed by atoms with E-state index in [1.807, 2.05) is 63.2 Å². The molecule has 35 heavy (non-hydrogen) atoms. The number of hydrogen-bond acceptors (Lipinski definition) is 3. The Hall–Kier alpha value is -3.02. The van der Waals surface area contributed by atoms with Crippen molar-refractivity contribution < 1.29 is 14.3 Å². The average Bonchev–Trinajstić information content (AvgIpc) is 2.83. The van der Waals surface area contributed by atoms with Crippen LogP contribution in [0.4, 0.5) is 0 Å². The molecule has 3 rings (SSSR count). The van der Waals surface area contributed by atoms with E-state index in [2.05, 4.69) is 5.32 Å². The zero-order valence-electron chi connectivity index (χ0n) is 20.1. The second-order valence-corrected chi connectivity index (χ2v) is 9.56. The van der Waals surface area contributed by atoms with Crippen LogP contribution < -0.4 is 10.1 Å². The second-order valence-electron chi connectivity index (χ2n) is 8.72. The van der Waals surface area contributed by atoms with Gasteiger partial charge in [-0.05, 0) is 67.8 Å². The molecule has 0 saturated carbocycles. The highest BCUT2D eigenvalue weighted by molar-refractivity contribution is 6.31. The molecule has 5 nitrogen and oxygen atoms in total. The molecule has 1 N–H and O–H groups in total. The lowest BCUT2D eigenvalue weighted by atomic mass is 10.0. The third-order valence-corrected chi connectivity index (χ3v) is 6.14. The minimum Gasteiger partial charge on any atom is -0.484 e. The van der Waals surface area contributed by atoms with E-state index in [0.29, 0.717) is 22.2 Å². The number of rotatable bonds is 10. The summed E-state index contributed by atoms with van der Waals surface area (Å²) in [6.07, 6.45) is 0.374. The first-order chi connectivity index (χ1) is 16.7. The molecular formula is C28H30Cl2N2O3. The second kappa shape index (κ2) is 12.6. The van der Waals surface area contributed by atoms with Crippen molar-refractivity contribution in [3.63, 3.8) is 0 Å². The minimum atomic E-state index is -0.724. The number of hydrogen-bond donors (Lipinski definition) is 1. The predicted molar refractivity (Wildman–Crippen MR) is 141 cm³/mol. The number of ether oxygens (including phenoxy) is 1. The molecule has 0 aliphatic rings. The molecule has 3 aromatic carbocycles. The molecular weight excluding hydrogens is 483 g/mol. The summed E-state index contributed by atoms with van der Waals surface area (Å²) in [5.41, 5.74) is 2.67. The highest BCUT2D eigenvalue weighted by atomic mass is 35.5. The maximum atomic E-state index is 13.5. The summed E-state index contributed by atoms with van der Waals surface area (Å²) in [7, 11) is 0. The largest absolute Gasteiger partial charge is 0.484 e. The molecule has 0 aromatic heterocycles. The summed E-state index contributed by atoms with van der Waals surface area (Å²) in [5.74, 6) is 0.0267. The van der Waals surface area contributed by atoms with Crippen molar-refractivity contribution in [2.45, 2.75) is 45.8 Å². The highest BCUT2D eigenvalue weighted by Gasteiger charge is 2.31. The fourth-order valence-corrected chi connectivity index (χ4v) is 3.90. The molecule has 0 bridgehead atoms. The van der Waals surface area contributed by atoms with Crippen molar-refractivity contribution in [2.24, 2.45) is 0 Å². The van der Waals surface area contributed by atoms with Gasteiger partial charge in [-0.3, -0.25) is 9.59 Å². The molecule has 0 aliphatic carbocycles. The SMILES string of the molecule is Cc1cc(OCC(=O)N(Cc2ccc(Cl)cc2)[C@H](Cc2ccccc2)C(=O)NC(C)C)ccc1Cl. The number of carbonyl (C=O) groups excluding carboxylic acids is 2. The molecule has 7 heteroatoms. The van der Waals surface area contributed by atoms with Gasteiger partial charge in [0.25, 0.3) is 5.91 Å². The van der Waals surface area contributed by atoms with Crippen LogP contribution in [0, 0.1) is 6.92 Å². The van der Waals surface area contributed by atoms with Gasteiger partial charge in [0, 0.05) is 29.1 Å². The lowest BCUT2D eigenvalue weighted by Crippen LogP contribution is -2.52. The van der Waals surface area contributed by atoms with E-state index < -0.39 is 6.04 Å². The van der Waals surface area contributed by atoms with Gasteiger partial charge in [0.15, 0.2) is 6.61 Å². The summed E-state index contributed by atoms with van der Waals surface area (Å²) < 4.78 is 5.80. The Morgan fingerprint density at radius 3 is 2.26 bits per heavy atom. The van der Waals surface area contributed by atoms with Gasteiger partial charge in [0.05, 0.1) is 0 Å². The lowest BCUT2D eigenvalue weighted by Gasteiger charge is -2.32. The van der Waals surface area contributed by atoms with E-state index in [-0.39, 0.29) is 31.0 Å². The molecule has 184 valence electrons. The van der Waals surface area contributed by atoms with Gasteiger partial charge >= 0.3 is 0 Å². The summed E-state index contributed by atoms with van der Waals surface area (Å²) in [4.78, 5) is 28.4. The van der Waals surface area contributed by atoms with Gasteiger partial charge in [0.1, 0.15) is 11.8 Å². The standard InChI is InChI=1S/C28H30Cl2N2O3/c1-19(2)31-28(34)26(16-21-7-5-4-6-8-21)32(17-22-9-11-23(29)12-10-22)27(33)18-35-24-13-14-25(30)20(3)15-24/h4-15,19,26H,16-18H2,1-3H3,(H,31,34)/t26-/m1/s1. The van der Waals surface area contributed by atoms with Gasteiger partial charge in [-0.1, -0.05) is 65.7 Å². The van der Waals surface area contributed by atoms with Gasteiger partial charge < -0.3 is 15.0 Å². The van der Waals surface area contributed by atoms with Crippen LogP contribution in [0.2, 0.25) is 10.0 Å². The molecule has 3 aromatic rings. The van der Waals surface area contributed by atoms with Crippen molar-refractivity contribution >= 4 is 35.0 Å². The number of aryl methyl sites for hydroxylation is 1. The van der Waals surface area contributed by atoms with Crippen LogP contribution in [0.1, 0.15) is 30.5 Å². The van der Waals surface area contributed by atoms with Crippen LogP contribution in [0.15, 0.2) is 72.8 Å². The minimum absolute atomic E-state index is 0.0680. The van der Waals surface area contributed by atoms with Gasteiger partial charge in [-0.25, -0.2) is 0 Å². The summed E-state index contributed by atoms with van der Waals surface area (Å²) in [5, 5.41) is 4.20. The summed E-state index contributed by atoms with van der Waals surface area (Å²) in [6.45, 7) is 5.69. The van der Waals surface area contributed by atoms with Crippen LogP contribution in [0.25, 0.3) is 0 Å². The zero-order valence-corrected chi connectivity index (χ0v) is 21.6. The molecule has 0 spiro atoms. The molecule has 0 aliphatic heterocycles. The first-order valence-corrected chi connectivity index (χ1v) is 12.3. The third-order valence-electron chi connectivity index (χ3n) is 5.46. The zero-order chi connectivity index (χ0) is 25.4. The van der Waals surface area contributed by atoms with Crippen molar-refractivity contribution in [3.05, 3.63) is 99.5 Å². The van der Waals surface area contributed by atoms with Crippen LogP contribution >= 0.6 is 23.2 Å². The quantitative estimate of drug-likeness (QED) is 0.370. The number of amides is 2.